The third kappa shape index (κ3) is 2.01. The molecule has 6 heteroatoms. The molecule has 0 aliphatic heterocycles. The Morgan fingerprint density at radius 1 is 1.50 bits per heavy atom. The third-order valence-electron chi connectivity index (χ3n) is 3.26. The van der Waals surface area contributed by atoms with Gasteiger partial charge in [0.25, 0.3) is 11.8 Å². The molecule has 3 atom stereocenters. The van der Waals surface area contributed by atoms with Gasteiger partial charge in [0.15, 0.2) is 0 Å². The molecule has 0 saturated heterocycles. The number of carboxylic acid groups (broad SMARTS) is 1. The first-order valence-corrected chi connectivity index (χ1v) is 5.10. The molecule has 0 heterocycles. The van der Waals surface area contributed by atoms with E-state index in [9.17, 15) is 22.4 Å². The Hall–Kier alpha value is -0.810. The van der Waals surface area contributed by atoms with Gasteiger partial charge in [0.2, 0.25) is 0 Å². The van der Waals surface area contributed by atoms with Crippen molar-refractivity contribution in [2.24, 2.45) is 17.8 Å². The number of halogens is 4. The van der Waals surface area contributed by atoms with Gasteiger partial charge in [-0.15, -0.1) is 0 Å². The molecule has 1 aliphatic rings. The lowest BCUT2D eigenvalue weighted by Gasteiger charge is -2.29. The second-order valence-corrected chi connectivity index (χ2v) is 4.40. The van der Waals surface area contributed by atoms with Gasteiger partial charge in [-0.2, -0.15) is 0 Å². The lowest BCUT2D eigenvalue weighted by atomic mass is 9.87. The van der Waals surface area contributed by atoms with Gasteiger partial charge in [0, 0.05) is 0 Å². The molecule has 1 N–H and O–H groups in total. The highest BCUT2D eigenvalue weighted by atomic mass is 19.3. The second kappa shape index (κ2) is 3.89. The summed E-state index contributed by atoms with van der Waals surface area (Å²) in [5, 5.41) is 8.62. The minimum atomic E-state index is -3.84. The molecule has 0 amide bonds. The molecule has 0 aromatic carbocycles. The van der Waals surface area contributed by atoms with E-state index in [-0.39, 0.29) is 12.8 Å². The Morgan fingerprint density at radius 2 is 2.00 bits per heavy atom. The van der Waals surface area contributed by atoms with Crippen LogP contribution in [0.2, 0.25) is 0 Å². The van der Waals surface area contributed by atoms with E-state index in [0.29, 0.717) is 6.92 Å². The van der Waals surface area contributed by atoms with Crippen LogP contribution in [-0.2, 0) is 4.79 Å². The number of carbonyl (C=O) groups is 1. The quantitative estimate of drug-likeness (QED) is 0.772. The van der Waals surface area contributed by atoms with Gasteiger partial charge in [0.1, 0.15) is 5.92 Å². The highest BCUT2D eigenvalue weighted by Crippen LogP contribution is 2.55. The first-order chi connectivity index (χ1) is 7.12. The molecule has 0 spiro atoms. The van der Waals surface area contributed by atoms with Crippen LogP contribution >= 0.6 is 0 Å². The Morgan fingerprint density at radius 3 is 2.25 bits per heavy atom. The molecule has 3 unspecified atom stereocenters. The van der Waals surface area contributed by atoms with E-state index < -0.39 is 35.6 Å². The number of aliphatic carboxylic acids is 1. The number of hydrogen-bond donors (Lipinski definition) is 1. The zero-order valence-corrected chi connectivity index (χ0v) is 9.01. The maximum Gasteiger partial charge on any atom is 0.312 e. The van der Waals surface area contributed by atoms with Crippen molar-refractivity contribution >= 4 is 5.97 Å². The van der Waals surface area contributed by atoms with Crippen molar-refractivity contribution in [3.63, 3.8) is 0 Å². The molecular weight excluding hydrogens is 228 g/mol. The van der Waals surface area contributed by atoms with Gasteiger partial charge in [0.05, 0.1) is 5.92 Å². The van der Waals surface area contributed by atoms with Crippen LogP contribution in [0.4, 0.5) is 17.6 Å². The van der Waals surface area contributed by atoms with Crippen molar-refractivity contribution in [2.45, 2.75) is 38.5 Å². The SMILES string of the molecule is CCC1CC(C(=O)O)C(F)(F)C1C(C)(F)F. The lowest BCUT2D eigenvalue weighted by molar-refractivity contribution is -0.185. The molecule has 1 fully saturated rings. The van der Waals surface area contributed by atoms with Crippen LogP contribution in [0.1, 0.15) is 26.7 Å². The fourth-order valence-corrected chi connectivity index (χ4v) is 2.55. The third-order valence-corrected chi connectivity index (χ3v) is 3.26. The first kappa shape index (κ1) is 13.3. The zero-order valence-electron chi connectivity index (χ0n) is 9.01. The molecule has 16 heavy (non-hydrogen) atoms. The standard InChI is InChI=1S/C10H14F4O2/c1-3-5-4-6(8(15)16)10(13,14)7(5)9(2,11)12/h5-7H,3-4H2,1-2H3,(H,15,16). The van der Waals surface area contributed by atoms with E-state index in [1.807, 2.05) is 0 Å². The number of alkyl halides is 4. The molecular formula is C10H14F4O2. The van der Waals surface area contributed by atoms with Crippen molar-refractivity contribution in [3.05, 3.63) is 0 Å². The summed E-state index contributed by atoms with van der Waals surface area (Å²) in [6.45, 7) is 1.95. The van der Waals surface area contributed by atoms with Gasteiger partial charge in [-0.1, -0.05) is 13.3 Å². The van der Waals surface area contributed by atoms with Crippen LogP contribution < -0.4 is 0 Å². The minimum Gasteiger partial charge on any atom is -0.481 e. The maximum atomic E-state index is 13.6. The van der Waals surface area contributed by atoms with Crippen molar-refractivity contribution in [3.8, 4) is 0 Å². The summed E-state index contributed by atoms with van der Waals surface area (Å²) in [5.41, 5.74) is 0. The van der Waals surface area contributed by atoms with Crippen molar-refractivity contribution < 1.29 is 27.5 Å². The van der Waals surface area contributed by atoms with E-state index in [1.165, 1.54) is 6.92 Å². The van der Waals surface area contributed by atoms with Crippen LogP contribution in [0.5, 0.6) is 0 Å². The van der Waals surface area contributed by atoms with E-state index in [0.717, 1.165) is 0 Å². The summed E-state index contributed by atoms with van der Waals surface area (Å²) in [4.78, 5) is 10.6. The molecule has 0 radical (unpaired) electrons. The van der Waals surface area contributed by atoms with E-state index >= 15 is 0 Å². The molecule has 2 nitrogen and oxygen atoms in total. The lowest BCUT2D eigenvalue weighted by Crippen LogP contribution is -2.43. The molecule has 0 bridgehead atoms. The van der Waals surface area contributed by atoms with E-state index in [1.54, 1.807) is 0 Å². The van der Waals surface area contributed by atoms with Gasteiger partial charge in [-0.05, 0) is 19.3 Å². The summed E-state index contributed by atoms with van der Waals surface area (Å²) in [5.74, 6) is -14.2. The normalized spacial score (nSPS) is 34.0. The monoisotopic (exact) mass is 242 g/mol. The van der Waals surface area contributed by atoms with Gasteiger partial charge in [-0.3, -0.25) is 4.79 Å². The molecule has 94 valence electrons. The zero-order chi connectivity index (χ0) is 12.7. The molecule has 1 saturated carbocycles. The average Bonchev–Trinajstić information content (AvgIpc) is 2.35. The smallest absolute Gasteiger partial charge is 0.312 e. The van der Waals surface area contributed by atoms with Crippen LogP contribution in [0, 0.1) is 17.8 Å². The molecule has 1 aliphatic carbocycles. The van der Waals surface area contributed by atoms with Gasteiger partial charge < -0.3 is 5.11 Å². The maximum absolute atomic E-state index is 13.6. The number of rotatable bonds is 3. The summed E-state index contributed by atoms with van der Waals surface area (Å²) < 4.78 is 53.4. The van der Waals surface area contributed by atoms with Crippen molar-refractivity contribution in [1.82, 2.24) is 0 Å². The predicted octanol–water partition coefficient (Wildman–Crippen LogP) is 3.02. The molecule has 0 aromatic rings. The van der Waals surface area contributed by atoms with Gasteiger partial charge in [-0.25, -0.2) is 17.6 Å². The molecule has 0 aromatic heterocycles. The Kier molecular flexibility index (Phi) is 3.22. The summed E-state index contributed by atoms with van der Waals surface area (Å²) in [6, 6.07) is 0. The highest BCUT2D eigenvalue weighted by Gasteiger charge is 2.66. The Labute approximate surface area is 90.6 Å². The summed E-state index contributed by atoms with van der Waals surface area (Å²) in [7, 11) is 0. The fourth-order valence-electron chi connectivity index (χ4n) is 2.55. The van der Waals surface area contributed by atoms with E-state index in [4.69, 9.17) is 5.11 Å². The Bertz CT molecular complexity index is 285. The van der Waals surface area contributed by atoms with Crippen LogP contribution in [-0.4, -0.2) is 22.9 Å². The Balaban J connectivity index is 3.10. The summed E-state index contributed by atoms with van der Waals surface area (Å²) in [6.07, 6.45) is -0.250. The van der Waals surface area contributed by atoms with E-state index in [2.05, 4.69) is 0 Å². The first-order valence-electron chi connectivity index (χ1n) is 5.10. The van der Waals surface area contributed by atoms with Crippen LogP contribution in [0.25, 0.3) is 0 Å². The second-order valence-electron chi connectivity index (χ2n) is 4.40. The number of carboxylic acids is 1. The van der Waals surface area contributed by atoms with Crippen LogP contribution in [0.15, 0.2) is 0 Å². The average molecular weight is 242 g/mol. The minimum absolute atomic E-state index is 0.132. The van der Waals surface area contributed by atoms with Crippen molar-refractivity contribution in [2.75, 3.05) is 0 Å². The van der Waals surface area contributed by atoms with Gasteiger partial charge >= 0.3 is 5.97 Å². The largest absolute Gasteiger partial charge is 0.481 e. The fraction of sp³-hybridized carbons (Fsp3) is 0.900. The topological polar surface area (TPSA) is 37.3 Å². The molecule has 1 rings (SSSR count). The van der Waals surface area contributed by atoms with Crippen molar-refractivity contribution in [1.29, 1.82) is 0 Å². The highest BCUT2D eigenvalue weighted by molar-refractivity contribution is 5.72. The van der Waals surface area contributed by atoms with Crippen LogP contribution in [0.3, 0.4) is 0 Å². The number of hydrogen-bond acceptors (Lipinski definition) is 1. The summed E-state index contributed by atoms with van der Waals surface area (Å²) >= 11 is 0. The predicted molar refractivity (Wildman–Crippen MR) is 48.6 cm³/mol.